The summed E-state index contributed by atoms with van der Waals surface area (Å²) in [7, 11) is 0.942. The Labute approximate surface area is 137 Å². The molecule has 1 rings (SSSR count). The third kappa shape index (κ3) is 4.27. The Hall–Kier alpha value is -2.51. The van der Waals surface area contributed by atoms with Gasteiger partial charge in [0.15, 0.2) is 17.4 Å². The smallest absolute Gasteiger partial charge is 0.343 e. The van der Waals surface area contributed by atoms with Gasteiger partial charge >= 0.3 is 5.97 Å². The van der Waals surface area contributed by atoms with Crippen molar-refractivity contribution >= 4 is 17.9 Å². The second kappa shape index (κ2) is 8.37. The van der Waals surface area contributed by atoms with Crippen molar-refractivity contribution in [3.8, 4) is 5.75 Å². The lowest BCUT2D eigenvalue weighted by Crippen LogP contribution is -2.13. The zero-order chi connectivity index (χ0) is 18.4. The molecule has 1 aromatic carbocycles. The molecule has 0 atom stereocenters. The predicted molar refractivity (Wildman–Crippen MR) is 82.7 cm³/mol. The number of aliphatic imine (C=N–C) groups is 1. The van der Waals surface area contributed by atoms with Crippen molar-refractivity contribution in [2.45, 2.75) is 26.8 Å². The number of halogens is 3. The largest absolute Gasteiger partial charge is 0.506 e. The summed E-state index contributed by atoms with van der Waals surface area (Å²) in [5.41, 5.74) is -1.23. The summed E-state index contributed by atoms with van der Waals surface area (Å²) in [6.45, 7) is 4.94. The lowest BCUT2D eigenvalue weighted by molar-refractivity contribution is -0.137. The molecule has 24 heavy (non-hydrogen) atoms. The van der Waals surface area contributed by atoms with Gasteiger partial charge in [0.1, 0.15) is 11.3 Å². The van der Waals surface area contributed by atoms with Crippen LogP contribution in [-0.4, -0.2) is 37.0 Å². The molecule has 0 aliphatic heterocycles. The van der Waals surface area contributed by atoms with Crippen LogP contribution in [0.2, 0.25) is 0 Å². The molecule has 0 fully saturated rings. The molecule has 132 valence electrons. The molecule has 0 saturated carbocycles. The molecular formula is C16H18F3NO4. The number of methoxy groups -OCH3 is 1. The van der Waals surface area contributed by atoms with Crippen LogP contribution in [0, 0.1) is 17.5 Å². The minimum Gasteiger partial charge on any atom is -0.506 e. The van der Waals surface area contributed by atoms with Gasteiger partial charge in [0.05, 0.1) is 19.3 Å². The first-order chi connectivity index (χ1) is 11.2. The normalized spacial score (nSPS) is 12.5. The van der Waals surface area contributed by atoms with Gasteiger partial charge in [0.2, 0.25) is 5.82 Å². The van der Waals surface area contributed by atoms with Gasteiger partial charge in [-0.05, 0) is 26.8 Å². The second-order valence-corrected chi connectivity index (χ2v) is 4.92. The molecule has 5 nitrogen and oxygen atoms in total. The van der Waals surface area contributed by atoms with Gasteiger partial charge < -0.3 is 14.6 Å². The highest BCUT2D eigenvalue weighted by Gasteiger charge is 2.25. The fourth-order valence-corrected chi connectivity index (χ4v) is 1.72. The number of benzene rings is 1. The molecule has 1 aromatic rings. The first kappa shape index (κ1) is 19.5. The molecule has 0 aromatic heterocycles. The molecule has 0 aliphatic carbocycles. The van der Waals surface area contributed by atoms with E-state index in [0.717, 1.165) is 13.3 Å². The molecule has 1 N–H and O–H groups in total. The number of esters is 1. The molecule has 0 bridgehead atoms. The first-order valence-corrected chi connectivity index (χ1v) is 7.09. The Balaban J connectivity index is 3.60. The summed E-state index contributed by atoms with van der Waals surface area (Å²) < 4.78 is 50.5. The summed E-state index contributed by atoms with van der Waals surface area (Å²) in [5.74, 6) is -7.27. The molecule has 0 aliphatic rings. The molecule has 0 unspecified atom stereocenters. The molecule has 0 heterocycles. The number of carbonyl (C=O) groups excluding carboxylic acids is 1. The van der Waals surface area contributed by atoms with E-state index in [4.69, 9.17) is 4.74 Å². The standard InChI is InChI=1S/C16H18F3NO4/c1-5-24-16(22)10(7-20-8(2)3)14(21)9-6-11(17)13(19)15(23-4)12(9)18/h6-8,21H,5H2,1-4H3/b14-10-,20-7?. The summed E-state index contributed by atoms with van der Waals surface area (Å²) in [4.78, 5) is 15.9. The van der Waals surface area contributed by atoms with Crippen molar-refractivity contribution in [1.82, 2.24) is 0 Å². The monoisotopic (exact) mass is 345 g/mol. The van der Waals surface area contributed by atoms with Crippen molar-refractivity contribution in [2.24, 2.45) is 4.99 Å². The predicted octanol–water partition coefficient (Wildman–Crippen LogP) is 3.42. The lowest BCUT2D eigenvalue weighted by atomic mass is 10.1. The van der Waals surface area contributed by atoms with Gasteiger partial charge in [0.25, 0.3) is 0 Å². The quantitative estimate of drug-likeness (QED) is 0.282. The number of carbonyl (C=O) groups is 1. The SMILES string of the molecule is CCOC(=O)/C(C=NC(C)C)=C(\O)c1cc(F)c(F)c(OC)c1F. The number of rotatable bonds is 6. The van der Waals surface area contributed by atoms with Gasteiger partial charge in [-0.2, -0.15) is 4.39 Å². The van der Waals surface area contributed by atoms with Crippen LogP contribution in [-0.2, 0) is 9.53 Å². The Morgan fingerprint density at radius 2 is 1.96 bits per heavy atom. The molecule has 0 radical (unpaired) electrons. The molecule has 8 heteroatoms. The summed E-state index contributed by atoms with van der Waals surface area (Å²) in [5, 5.41) is 10.2. The van der Waals surface area contributed by atoms with E-state index in [1.165, 1.54) is 6.92 Å². The summed E-state index contributed by atoms with van der Waals surface area (Å²) in [6, 6.07) is 0.192. The number of aliphatic hydroxyl groups is 1. The van der Waals surface area contributed by atoms with E-state index in [-0.39, 0.29) is 12.6 Å². The van der Waals surface area contributed by atoms with Gasteiger partial charge in [0, 0.05) is 12.3 Å². The average Bonchev–Trinajstić information content (AvgIpc) is 2.51. The summed E-state index contributed by atoms with van der Waals surface area (Å²) in [6.07, 6.45) is 0.991. The van der Waals surface area contributed by atoms with Crippen LogP contribution in [0.5, 0.6) is 5.75 Å². The van der Waals surface area contributed by atoms with Gasteiger partial charge in [-0.15, -0.1) is 0 Å². The summed E-state index contributed by atoms with van der Waals surface area (Å²) >= 11 is 0. The van der Waals surface area contributed by atoms with Crippen molar-refractivity contribution in [1.29, 1.82) is 0 Å². The maximum atomic E-state index is 14.3. The maximum Gasteiger partial charge on any atom is 0.343 e. The van der Waals surface area contributed by atoms with Crippen LogP contribution < -0.4 is 4.74 Å². The van der Waals surface area contributed by atoms with Crippen LogP contribution in [0.25, 0.3) is 5.76 Å². The minimum atomic E-state index is -1.54. The minimum absolute atomic E-state index is 0.00524. The zero-order valence-electron chi connectivity index (χ0n) is 13.7. The fraction of sp³-hybridized carbons (Fsp3) is 0.375. The van der Waals surface area contributed by atoms with E-state index in [1.807, 2.05) is 0 Å². The highest BCUT2D eigenvalue weighted by Crippen LogP contribution is 2.31. The van der Waals surface area contributed by atoms with Gasteiger partial charge in [-0.1, -0.05) is 0 Å². The Morgan fingerprint density at radius 1 is 1.33 bits per heavy atom. The highest BCUT2D eigenvalue weighted by molar-refractivity contribution is 6.15. The van der Waals surface area contributed by atoms with Crippen molar-refractivity contribution < 1.29 is 32.5 Å². The maximum absolute atomic E-state index is 14.3. The van der Waals surface area contributed by atoms with Crippen molar-refractivity contribution in [3.05, 3.63) is 34.7 Å². The fourth-order valence-electron chi connectivity index (χ4n) is 1.72. The topological polar surface area (TPSA) is 68.1 Å². The Morgan fingerprint density at radius 3 is 2.46 bits per heavy atom. The number of aliphatic hydroxyl groups excluding tert-OH is 1. The Kier molecular flexibility index (Phi) is 6.82. The second-order valence-electron chi connectivity index (χ2n) is 4.92. The van der Waals surface area contributed by atoms with Crippen LogP contribution >= 0.6 is 0 Å². The van der Waals surface area contributed by atoms with Gasteiger partial charge in [-0.3, -0.25) is 4.99 Å². The molecule has 0 spiro atoms. The van der Waals surface area contributed by atoms with E-state index >= 15 is 0 Å². The van der Waals surface area contributed by atoms with Crippen LogP contribution in [0.1, 0.15) is 26.3 Å². The third-order valence-corrected chi connectivity index (χ3v) is 2.83. The van der Waals surface area contributed by atoms with E-state index < -0.39 is 46.1 Å². The lowest BCUT2D eigenvalue weighted by Gasteiger charge is -2.11. The van der Waals surface area contributed by atoms with E-state index in [1.54, 1.807) is 13.8 Å². The number of hydrogen-bond acceptors (Lipinski definition) is 5. The zero-order valence-corrected chi connectivity index (χ0v) is 13.7. The van der Waals surface area contributed by atoms with E-state index in [0.29, 0.717) is 6.07 Å². The van der Waals surface area contributed by atoms with Crippen LogP contribution in [0.15, 0.2) is 16.6 Å². The number of ether oxygens (including phenoxy) is 2. The Bertz CT molecular complexity index is 684. The van der Waals surface area contributed by atoms with E-state index in [9.17, 15) is 23.1 Å². The number of nitrogens with zero attached hydrogens (tertiary/aromatic N) is 1. The van der Waals surface area contributed by atoms with Crippen LogP contribution in [0.4, 0.5) is 13.2 Å². The van der Waals surface area contributed by atoms with Crippen molar-refractivity contribution in [3.63, 3.8) is 0 Å². The third-order valence-electron chi connectivity index (χ3n) is 2.83. The van der Waals surface area contributed by atoms with Gasteiger partial charge in [-0.25, -0.2) is 13.6 Å². The first-order valence-electron chi connectivity index (χ1n) is 7.09. The highest BCUT2D eigenvalue weighted by atomic mass is 19.2. The van der Waals surface area contributed by atoms with E-state index in [2.05, 4.69) is 9.73 Å². The molecular weight excluding hydrogens is 327 g/mol. The van der Waals surface area contributed by atoms with Crippen molar-refractivity contribution in [2.75, 3.05) is 13.7 Å². The average molecular weight is 345 g/mol. The van der Waals surface area contributed by atoms with Crippen LogP contribution in [0.3, 0.4) is 0 Å². The molecule has 0 saturated heterocycles. The number of hydrogen-bond donors (Lipinski definition) is 1. The molecule has 0 amide bonds.